The molecule has 172 valence electrons. The Labute approximate surface area is 198 Å². The van der Waals surface area contributed by atoms with Crippen molar-refractivity contribution < 1.29 is 4.74 Å². The Hall–Kier alpha value is -0.980. The second kappa shape index (κ2) is 12.8. The summed E-state index contributed by atoms with van der Waals surface area (Å²) in [6.45, 7) is 13.8. The molecule has 10 heteroatoms. The number of aryl methyl sites for hydroxylation is 1. The van der Waals surface area contributed by atoms with Gasteiger partial charge in [-0.2, -0.15) is 5.10 Å². The lowest BCUT2D eigenvalue weighted by molar-refractivity contribution is 0.124. The fraction of sp³-hybridized carbons (Fsp3) is 0.850. The van der Waals surface area contributed by atoms with Gasteiger partial charge in [-0.25, -0.2) is 9.67 Å². The summed E-state index contributed by atoms with van der Waals surface area (Å²) in [5, 5.41) is 11.6. The van der Waals surface area contributed by atoms with Crippen LogP contribution in [0.5, 0.6) is 0 Å². The number of halogens is 1. The van der Waals surface area contributed by atoms with E-state index >= 15 is 0 Å². The molecular weight excluding hydrogens is 495 g/mol. The first-order chi connectivity index (χ1) is 14.1. The average molecular weight is 534 g/mol. The van der Waals surface area contributed by atoms with E-state index in [9.17, 15) is 0 Å². The van der Waals surface area contributed by atoms with E-state index < -0.39 is 0 Å². The zero-order valence-corrected chi connectivity index (χ0v) is 21.3. The lowest BCUT2D eigenvalue weighted by atomic mass is 10.1. The standard InChI is InChI=1S/C20H38N8O.HI/c1-5-26-8-10-27(11-9-26)13-16(2)12-22-20(21-3)23-17-6-7-19-24-18(15-29-4)25-28(19)14-17;/h16-17H,5-15H2,1-4H3,(H2,21,22,23);1H. The van der Waals surface area contributed by atoms with Crippen LogP contribution >= 0.6 is 24.0 Å². The molecule has 3 rings (SSSR count). The van der Waals surface area contributed by atoms with Gasteiger partial charge in [-0.3, -0.25) is 4.99 Å². The smallest absolute Gasteiger partial charge is 0.191 e. The minimum Gasteiger partial charge on any atom is -0.377 e. The van der Waals surface area contributed by atoms with Crippen molar-refractivity contribution in [3.05, 3.63) is 11.6 Å². The number of nitrogens with one attached hydrogen (secondary N) is 2. The van der Waals surface area contributed by atoms with Crippen molar-refractivity contribution in [1.29, 1.82) is 0 Å². The molecule has 1 aromatic heterocycles. The molecule has 0 aromatic carbocycles. The summed E-state index contributed by atoms with van der Waals surface area (Å²) in [5.41, 5.74) is 0. The highest BCUT2D eigenvalue weighted by Crippen LogP contribution is 2.13. The van der Waals surface area contributed by atoms with Gasteiger partial charge in [-0.05, 0) is 18.9 Å². The molecule has 1 aromatic rings. The first-order valence-electron chi connectivity index (χ1n) is 10.9. The number of aromatic nitrogens is 3. The maximum atomic E-state index is 5.15. The number of nitrogens with zero attached hydrogens (tertiary/aromatic N) is 6. The summed E-state index contributed by atoms with van der Waals surface area (Å²) < 4.78 is 7.15. The minimum atomic E-state index is 0. The molecule has 1 fully saturated rings. The lowest BCUT2D eigenvalue weighted by Gasteiger charge is -2.35. The van der Waals surface area contributed by atoms with Crippen LogP contribution in [0.1, 0.15) is 31.9 Å². The molecule has 0 radical (unpaired) electrons. The molecule has 0 spiro atoms. The summed E-state index contributed by atoms with van der Waals surface area (Å²) in [5.74, 6) is 3.26. The van der Waals surface area contributed by atoms with Crippen molar-refractivity contribution in [3.8, 4) is 0 Å². The van der Waals surface area contributed by atoms with Gasteiger partial charge < -0.3 is 25.2 Å². The van der Waals surface area contributed by atoms with Crippen LogP contribution < -0.4 is 10.6 Å². The molecule has 9 nitrogen and oxygen atoms in total. The number of ether oxygens (including phenoxy) is 1. The summed E-state index contributed by atoms with van der Waals surface area (Å²) in [6, 6.07) is 0.309. The van der Waals surface area contributed by atoms with Crippen molar-refractivity contribution >= 4 is 29.9 Å². The number of likely N-dealkylation sites (N-methyl/N-ethyl adjacent to an activating group) is 1. The predicted octanol–water partition coefficient (Wildman–Crippen LogP) is 0.796. The molecular formula is C20H39IN8O. The number of piperazine rings is 1. The average Bonchev–Trinajstić information content (AvgIpc) is 3.13. The third-order valence-corrected chi connectivity index (χ3v) is 5.84. The summed E-state index contributed by atoms with van der Waals surface area (Å²) in [7, 11) is 3.51. The van der Waals surface area contributed by atoms with Gasteiger partial charge in [-0.1, -0.05) is 13.8 Å². The Kier molecular flexibility index (Phi) is 10.8. The fourth-order valence-electron chi connectivity index (χ4n) is 4.12. The molecule has 2 atom stereocenters. The van der Waals surface area contributed by atoms with Crippen LogP contribution in [-0.4, -0.2) is 96.5 Å². The first-order valence-corrected chi connectivity index (χ1v) is 10.9. The number of hydrogen-bond donors (Lipinski definition) is 2. The van der Waals surface area contributed by atoms with Crippen molar-refractivity contribution in [1.82, 2.24) is 35.2 Å². The van der Waals surface area contributed by atoms with E-state index in [0.29, 0.717) is 18.6 Å². The molecule has 3 heterocycles. The lowest BCUT2D eigenvalue weighted by Crippen LogP contribution is -2.50. The van der Waals surface area contributed by atoms with Crippen LogP contribution in [0.2, 0.25) is 0 Å². The van der Waals surface area contributed by atoms with Gasteiger partial charge in [0.25, 0.3) is 0 Å². The zero-order chi connectivity index (χ0) is 20.6. The van der Waals surface area contributed by atoms with Gasteiger partial charge in [-0.15, -0.1) is 24.0 Å². The van der Waals surface area contributed by atoms with E-state index in [-0.39, 0.29) is 24.0 Å². The predicted molar refractivity (Wildman–Crippen MR) is 130 cm³/mol. The van der Waals surface area contributed by atoms with Crippen molar-refractivity contribution in [3.63, 3.8) is 0 Å². The van der Waals surface area contributed by atoms with Crippen molar-refractivity contribution in [2.75, 3.05) is 60.0 Å². The largest absolute Gasteiger partial charge is 0.377 e. The van der Waals surface area contributed by atoms with E-state index in [0.717, 1.165) is 56.6 Å². The Bertz CT molecular complexity index is 659. The number of hydrogen-bond acceptors (Lipinski definition) is 6. The highest BCUT2D eigenvalue weighted by molar-refractivity contribution is 14.0. The van der Waals surface area contributed by atoms with Crippen LogP contribution in [0.3, 0.4) is 0 Å². The minimum absolute atomic E-state index is 0. The molecule has 2 unspecified atom stereocenters. The van der Waals surface area contributed by atoms with Crippen LogP contribution in [-0.2, 0) is 24.3 Å². The molecule has 0 bridgehead atoms. The van der Waals surface area contributed by atoms with Crippen molar-refractivity contribution in [2.24, 2.45) is 10.9 Å². The topological polar surface area (TPSA) is 82.8 Å². The Morgan fingerprint density at radius 2 is 2.00 bits per heavy atom. The SMILES string of the molecule is CCN1CCN(CC(C)CNC(=NC)NC2CCc3nc(COC)nn3C2)CC1.I. The Balaban J connectivity index is 0.00000320. The van der Waals surface area contributed by atoms with Gasteiger partial charge in [0, 0.05) is 65.9 Å². The summed E-state index contributed by atoms with van der Waals surface area (Å²) in [6.07, 6.45) is 1.95. The van der Waals surface area contributed by atoms with Gasteiger partial charge >= 0.3 is 0 Å². The maximum Gasteiger partial charge on any atom is 0.191 e. The summed E-state index contributed by atoms with van der Waals surface area (Å²) in [4.78, 5) is 14.1. The number of guanidine groups is 1. The number of fused-ring (bicyclic) bond motifs is 1. The monoisotopic (exact) mass is 534 g/mol. The zero-order valence-electron chi connectivity index (χ0n) is 18.9. The van der Waals surface area contributed by atoms with Crippen LogP contribution in [0.15, 0.2) is 4.99 Å². The molecule has 0 aliphatic carbocycles. The van der Waals surface area contributed by atoms with E-state index in [1.54, 1.807) is 7.11 Å². The van der Waals surface area contributed by atoms with Crippen molar-refractivity contribution in [2.45, 2.75) is 45.9 Å². The highest BCUT2D eigenvalue weighted by atomic mass is 127. The number of aliphatic imine (C=N–C) groups is 1. The maximum absolute atomic E-state index is 5.15. The third kappa shape index (κ3) is 7.31. The van der Waals surface area contributed by atoms with Gasteiger partial charge in [0.1, 0.15) is 12.4 Å². The van der Waals surface area contributed by atoms with E-state index in [1.807, 2.05) is 11.7 Å². The third-order valence-electron chi connectivity index (χ3n) is 5.84. The molecule has 30 heavy (non-hydrogen) atoms. The fourth-order valence-corrected chi connectivity index (χ4v) is 4.12. The molecule has 2 N–H and O–H groups in total. The van der Waals surface area contributed by atoms with E-state index in [4.69, 9.17) is 4.74 Å². The second-order valence-electron chi connectivity index (χ2n) is 8.23. The molecule has 0 amide bonds. The number of methoxy groups -OCH3 is 1. The van der Waals surface area contributed by atoms with E-state index in [1.165, 1.54) is 26.2 Å². The van der Waals surface area contributed by atoms with Gasteiger partial charge in [0.2, 0.25) is 0 Å². The van der Waals surface area contributed by atoms with Gasteiger partial charge in [0.15, 0.2) is 11.8 Å². The van der Waals surface area contributed by atoms with Gasteiger partial charge in [0.05, 0.1) is 6.54 Å². The van der Waals surface area contributed by atoms with Crippen LogP contribution in [0.25, 0.3) is 0 Å². The van der Waals surface area contributed by atoms with E-state index in [2.05, 4.69) is 49.4 Å². The molecule has 2 aliphatic heterocycles. The number of rotatable bonds is 8. The Morgan fingerprint density at radius 3 is 2.67 bits per heavy atom. The molecule has 0 saturated carbocycles. The normalized spacial score (nSPS) is 21.6. The highest BCUT2D eigenvalue weighted by Gasteiger charge is 2.23. The van der Waals surface area contributed by atoms with Crippen LogP contribution in [0.4, 0.5) is 0 Å². The Morgan fingerprint density at radius 1 is 1.27 bits per heavy atom. The quantitative estimate of drug-likeness (QED) is 0.290. The van der Waals surface area contributed by atoms with Crippen LogP contribution in [0, 0.1) is 5.92 Å². The first kappa shape index (κ1) is 25.3. The molecule has 1 saturated heterocycles. The second-order valence-corrected chi connectivity index (χ2v) is 8.23. The molecule has 2 aliphatic rings. The summed E-state index contributed by atoms with van der Waals surface area (Å²) >= 11 is 0.